The Hall–Kier alpha value is -2.06. The van der Waals surface area contributed by atoms with Crippen LogP contribution in [0.25, 0.3) is 0 Å². The Morgan fingerprint density at radius 2 is 1.54 bits per heavy atom. The van der Waals surface area contributed by atoms with Crippen LogP contribution < -0.4 is 5.32 Å². The zero-order valence-corrected chi connectivity index (χ0v) is 22.7. The second kappa shape index (κ2) is 14.0. The van der Waals surface area contributed by atoms with Crippen LogP contribution in [-0.4, -0.2) is 11.3 Å². The molecule has 1 aromatic rings. The molecule has 0 radical (unpaired) electrons. The van der Waals surface area contributed by atoms with Gasteiger partial charge in [-0.3, -0.25) is 5.32 Å². The average molecular weight is 558 g/mol. The van der Waals surface area contributed by atoms with Crippen molar-refractivity contribution in [1.82, 2.24) is 5.32 Å². The van der Waals surface area contributed by atoms with E-state index in [1.54, 1.807) is 0 Å². The van der Waals surface area contributed by atoms with Gasteiger partial charge in [-0.15, -0.1) is 0 Å². The summed E-state index contributed by atoms with van der Waals surface area (Å²) >= 11 is 0. The third-order valence-electron chi connectivity index (χ3n) is 8.30. The Kier molecular flexibility index (Phi) is 11.3. The summed E-state index contributed by atoms with van der Waals surface area (Å²) in [6, 6.07) is 1.54. The SMILES string of the molecule is C/C=C\C=C/C/C=C\[C@@H]1CCC(CC2CCC(C(O)NCc3cc(C(F)(F)F)cc(C(F)(F)F)c3)C2)C[C@@H]1C. The lowest BCUT2D eigenvalue weighted by Crippen LogP contribution is -2.34. The van der Waals surface area contributed by atoms with Crippen molar-refractivity contribution in [2.75, 3.05) is 0 Å². The van der Waals surface area contributed by atoms with E-state index in [1.165, 1.54) is 19.3 Å². The molecule has 39 heavy (non-hydrogen) atoms. The van der Waals surface area contributed by atoms with E-state index in [1.807, 2.05) is 19.1 Å². The molecule has 0 amide bonds. The van der Waals surface area contributed by atoms with E-state index in [4.69, 9.17) is 0 Å². The molecule has 0 saturated heterocycles. The van der Waals surface area contributed by atoms with Gasteiger partial charge in [0, 0.05) is 6.54 Å². The number of nitrogens with one attached hydrogen (secondary N) is 1. The molecular weight excluding hydrogens is 516 g/mol. The fraction of sp³-hybridized carbons (Fsp3) is 0.613. The molecule has 2 fully saturated rings. The van der Waals surface area contributed by atoms with Crippen LogP contribution in [-0.2, 0) is 18.9 Å². The standard InChI is InChI=1S/C31H41F6NO/c1-3-4-5-6-7-8-9-25-12-10-22(14-21(25)2)15-23-11-13-26(16-23)29(39)38-20-24-17-27(30(32,33)34)19-28(18-24)31(35,36)37/h3-6,8-9,17-19,21-23,25-26,29,38-39H,7,10-16,20H2,1-2H3/b4-3-,6-5-,9-8-/t21-,22?,23?,25+,26?,29?/m0/s1. The molecule has 2 aliphatic rings. The first-order valence-corrected chi connectivity index (χ1v) is 14.0. The smallest absolute Gasteiger partial charge is 0.378 e. The van der Waals surface area contributed by atoms with Crippen molar-refractivity contribution in [2.45, 2.75) is 90.3 Å². The van der Waals surface area contributed by atoms with E-state index in [0.717, 1.165) is 32.1 Å². The second-order valence-electron chi connectivity index (χ2n) is 11.4. The normalized spacial score (nSPS) is 27.8. The summed E-state index contributed by atoms with van der Waals surface area (Å²) in [5.74, 6) is 2.30. The minimum absolute atomic E-state index is 0.0600. The van der Waals surface area contributed by atoms with Gasteiger partial charge in [0.25, 0.3) is 0 Å². The van der Waals surface area contributed by atoms with Crippen LogP contribution in [0.3, 0.4) is 0 Å². The Morgan fingerprint density at radius 1 is 0.897 bits per heavy atom. The molecule has 2 N–H and O–H groups in total. The van der Waals surface area contributed by atoms with Crippen molar-refractivity contribution in [3.8, 4) is 0 Å². The molecule has 218 valence electrons. The van der Waals surface area contributed by atoms with Crippen LogP contribution >= 0.6 is 0 Å². The fourth-order valence-corrected chi connectivity index (χ4v) is 6.23. The lowest BCUT2D eigenvalue weighted by molar-refractivity contribution is -0.143. The van der Waals surface area contributed by atoms with E-state index in [0.29, 0.717) is 35.8 Å². The predicted molar refractivity (Wildman–Crippen MR) is 142 cm³/mol. The molecule has 0 spiro atoms. The van der Waals surface area contributed by atoms with Gasteiger partial charge >= 0.3 is 12.4 Å². The molecule has 0 aliphatic heterocycles. The van der Waals surface area contributed by atoms with Crippen LogP contribution in [0.15, 0.2) is 54.7 Å². The van der Waals surface area contributed by atoms with E-state index in [9.17, 15) is 31.4 Å². The lowest BCUT2D eigenvalue weighted by Gasteiger charge is -2.34. The molecule has 3 rings (SSSR count). The minimum atomic E-state index is -4.89. The van der Waals surface area contributed by atoms with Gasteiger partial charge in [-0.1, -0.05) is 49.8 Å². The first-order chi connectivity index (χ1) is 18.4. The van der Waals surface area contributed by atoms with E-state index >= 15 is 0 Å². The van der Waals surface area contributed by atoms with Crippen molar-refractivity contribution < 1.29 is 31.4 Å². The van der Waals surface area contributed by atoms with Gasteiger partial charge in [0.15, 0.2) is 0 Å². The van der Waals surface area contributed by atoms with Gasteiger partial charge in [0.2, 0.25) is 0 Å². The summed E-state index contributed by atoms with van der Waals surface area (Å²) in [7, 11) is 0. The summed E-state index contributed by atoms with van der Waals surface area (Å²) in [5.41, 5.74) is -2.84. The fourth-order valence-electron chi connectivity index (χ4n) is 6.23. The van der Waals surface area contributed by atoms with Crippen molar-refractivity contribution in [2.24, 2.45) is 29.6 Å². The highest BCUT2D eigenvalue weighted by molar-refractivity contribution is 5.33. The van der Waals surface area contributed by atoms with E-state index in [2.05, 4.69) is 36.5 Å². The number of benzene rings is 1. The molecule has 2 nitrogen and oxygen atoms in total. The molecule has 1 aromatic carbocycles. The summed E-state index contributed by atoms with van der Waals surface area (Å²) in [5, 5.41) is 13.4. The molecule has 4 unspecified atom stereocenters. The average Bonchev–Trinajstić information content (AvgIpc) is 3.33. The van der Waals surface area contributed by atoms with Crippen molar-refractivity contribution in [3.05, 3.63) is 71.3 Å². The number of hydrogen-bond acceptors (Lipinski definition) is 2. The topological polar surface area (TPSA) is 32.3 Å². The Balaban J connectivity index is 1.46. The maximum absolute atomic E-state index is 13.1. The molecule has 8 heteroatoms. The van der Waals surface area contributed by atoms with Crippen molar-refractivity contribution in [1.29, 1.82) is 0 Å². The van der Waals surface area contributed by atoms with Crippen LogP contribution in [0.2, 0.25) is 0 Å². The van der Waals surface area contributed by atoms with Gasteiger partial charge < -0.3 is 5.11 Å². The summed E-state index contributed by atoms with van der Waals surface area (Å²) < 4.78 is 78.7. The van der Waals surface area contributed by atoms with Crippen LogP contribution in [0.5, 0.6) is 0 Å². The number of halogens is 6. The maximum Gasteiger partial charge on any atom is 0.416 e. The Morgan fingerprint density at radius 3 is 2.15 bits per heavy atom. The lowest BCUT2D eigenvalue weighted by atomic mass is 9.72. The first kappa shape index (κ1) is 31.5. The number of allylic oxidation sites excluding steroid dienone is 6. The van der Waals surface area contributed by atoms with Gasteiger partial charge in [-0.25, -0.2) is 0 Å². The molecule has 0 heterocycles. The number of alkyl halides is 6. The van der Waals surface area contributed by atoms with Gasteiger partial charge in [-0.2, -0.15) is 26.3 Å². The third kappa shape index (κ3) is 9.82. The zero-order valence-electron chi connectivity index (χ0n) is 22.7. The van der Waals surface area contributed by atoms with Crippen molar-refractivity contribution >= 4 is 0 Å². The van der Waals surface area contributed by atoms with Gasteiger partial charge in [0.1, 0.15) is 6.23 Å². The zero-order chi connectivity index (χ0) is 28.6. The molecular formula is C31H41F6NO. The second-order valence-corrected chi connectivity index (χ2v) is 11.4. The van der Waals surface area contributed by atoms with Crippen LogP contribution in [0.1, 0.15) is 81.9 Å². The number of aliphatic hydroxyl groups excluding tert-OH is 1. The molecule has 0 bridgehead atoms. The van der Waals surface area contributed by atoms with Crippen molar-refractivity contribution in [3.63, 3.8) is 0 Å². The molecule has 0 aromatic heterocycles. The Labute approximate surface area is 228 Å². The number of rotatable bonds is 10. The maximum atomic E-state index is 13.1. The predicted octanol–water partition coefficient (Wildman–Crippen LogP) is 9.07. The highest BCUT2D eigenvalue weighted by Gasteiger charge is 2.37. The molecule has 2 saturated carbocycles. The highest BCUT2D eigenvalue weighted by atomic mass is 19.4. The Bertz CT molecular complexity index is 964. The molecule has 6 atom stereocenters. The number of hydrogen-bond donors (Lipinski definition) is 2. The molecule has 2 aliphatic carbocycles. The monoisotopic (exact) mass is 557 g/mol. The van der Waals surface area contributed by atoms with E-state index < -0.39 is 29.7 Å². The quantitative estimate of drug-likeness (QED) is 0.130. The van der Waals surface area contributed by atoms with E-state index in [-0.39, 0.29) is 24.1 Å². The van der Waals surface area contributed by atoms with Gasteiger partial charge in [0.05, 0.1) is 11.1 Å². The minimum Gasteiger partial charge on any atom is -0.378 e. The summed E-state index contributed by atoms with van der Waals surface area (Å²) in [6.45, 7) is 4.05. The van der Waals surface area contributed by atoms with Crippen LogP contribution in [0, 0.1) is 29.6 Å². The van der Waals surface area contributed by atoms with Crippen LogP contribution in [0.4, 0.5) is 26.3 Å². The van der Waals surface area contributed by atoms with Gasteiger partial charge in [-0.05, 0) is 105 Å². The largest absolute Gasteiger partial charge is 0.416 e. The number of aliphatic hydroxyl groups is 1. The highest BCUT2D eigenvalue weighted by Crippen LogP contribution is 2.43. The summed E-state index contributed by atoms with van der Waals surface area (Å²) in [4.78, 5) is 0. The third-order valence-corrected chi connectivity index (χ3v) is 8.30. The summed E-state index contributed by atoms with van der Waals surface area (Å²) in [6.07, 6.45) is 10.3. The first-order valence-electron chi connectivity index (χ1n) is 14.0.